The topological polar surface area (TPSA) is 41.1 Å². The van der Waals surface area contributed by atoms with Crippen LogP contribution in [0.4, 0.5) is 0 Å². The second-order valence-corrected chi connectivity index (χ2v) is 8.01. The van der Waals surface area contributed by atoms with Crippen LogP contribution in [0.25, 0.3) is 0 Å². The summed E-state index contributed by atoms with van der Waals surface area (Å²) in [7, 11) is 0. The lowest BCUT2D eigenvalue weighted by Crippen LogP contribution is -2.62. The minimum absolute atomic E-state index is 0.0356. The van der Waals surface area contributed by atoms with Crippen LogP contribution in [0.1, 0.15) is 98.3 Å². The molecule has 0 aromatic heterocycles. The highest BCUT2D eigenvalue weighted by atomic mass is 16.1. The van der Waals surface area contributed by atoms with Gasteiger partial charge in [-0.3, -0.25) is 9.28 Å². The molecule has 0 spiro atoms. The monoisotopic (exact) mass is 378 g/mol. The lowest BCUT2D eigenvalue weighted by Gasteiger charge is -2.41. The SMILES string of the molecule is CCCCCCCCCCC/C=C/CC1NC=C[N+]1(CC)C(C)NC(C)=O. The predicted octanol–water partition coefficient (Wildman–Crippen LogP) is 5.57. The van der Waals surface area contributed by atoms with Crippen LogP contribution in [0.3, 0.4) is 0 Å². The Labute approximate surface area is 168 Å². The number of hydrogen-bond acceptors (Lipinski definition) is 2. The zero-order valence-electron chi connectivity index (χ0n) is 18.3. The van der Waals surface area contributed by atoms with Gasteiger partial charge in [0, 0.05) is 20.3 Å². The molecule has 156 valence electrons. The summed E-state index contributed by atoms with van der Waals surface area (Å²) in [6.45, 7) is 9.12. The maximum atomic E-state index is 11.5. The van der Waals surface area contributed by atoms with Crippen LogP contribution in [0, 0.1) is 0 Å². The molecule has 0 saturated carbocycles. The Morgan fingerprint density at radius 1 is 1.07 bits per heavy atom. The molecule has 0 saturated heterocycles. The molecule has 4 heteroatoms. The summed E-state index contributed by atoms with van der Waals surface area (Å²) in [5.41, 5.74) is 0. The van der Waals surface area contributed by atoms with Crippen LogP contribution < -0.4 is 10.6 Å². The molecule has 2 N–H and O–H groups in total. The van der Waals surface area contributed by atoms with E-state index < -0.39 is 0 Å². The van der Waals surface area contributed by atoms with Crippen LogP contribution in [0.2, 0.25) is 0 Å². The van der Waals surface area contributed by atoms with Gasteiger partial charge in [0.15, 0.2) is 12.3 Å². The Balaban J connectivity index is 2.21. The fourth-order valence-corrected chi connectivity index (χ4v) is 4.13. The van der Waals surface area contributed by atoms with Gasteiger partial charge in [-0.25, -0.2) is 0 Å². The van der Waals surface area contributed by atoms with Gasteiger partial charge >= 0.3 is 0 Å². The van der Waals surface area contributed by atoms with Gasteiger partial charge in [0.25, 0.3) is 0 Å². The van der Waals surface area contributed by atoms with Crippen molar-refractivity contribution in [1.82, 2.24) is 10.6 Å². The summed E-state index contributed by atoms with van der Waals surface area (Å²) >= 11 is 0. The van der Waals surface area contributed by atoms with Crippen molar-refractivity contribution in [3.63, 3.8) is 0 Å². The van der Waals surface area contributed by atoms with Crippen molar-refractivity contribution in [1.29, 1.82) is 0 Å². The Bertz CT molecular complexity index is 461. The van der Waals surface area contributed by atoms with Crippen molar-refractivity contribution >= 4 is 5.91 Å². The number of allylic oxidation sites excluding steroid dienone is 1. The molecule has 0 aliphatic carbocycles. The van der Waals surface area contributed by atoms with E-state index in [0.29, 0.717) is 6.17 Å². The quantitative estimate of drug-likeness (QED) is 0.222. The third kappa shape index (κ3) is 8.50. The van der Waals surface area contributed by atoms with Crippen molar-refractivity contribution in [2.75, 3.05) is 6.54 Å². The van der Waals surface area contributed by atoms with E-state index in [9.17, 15) is 4.79 Å². The number of hydrogen-bond donors (Lipinski definition) is 2. The van der Waals surface area contributed by atoms with Gasteiger partial charge in [0.2, 0.25) is 5.91 Å². The molecular formula is C23H44N3O+. The lowest BCUT2D eigenvalue weighted by molar-refractivity contribution is -0.923. The normalized spacial score (nSPS) is 22.9. The van der Waals surface area contributed by atoms with Gasteiger partial charge in [-0.2, -0.15) is 0 Å². The predicted molar refractivity (Wildman–Crippen MR) is 116 cm³/mol. The molecule has 3 unspecified atom stereocenters. The van der Waals surface area contributed by atoms with E-state index >= 15 is 0 Å². The van der Waals surface area contributed by atoms with Crippen LogP contribution in [-0.4, -0.2) is 29.3 Å². The van der Waals surface area contributed by atoms with Crippen LogP contribution in [0.15, 0.2) is 24.6 Å². The van der Waals surface area contributed by atoms with Crippen molar-refractivity contribution < 1.29 is 9.28 Å². The molecule has 0 bridgehead atoms. The summed E-state index contributed by atoms with van der Waals surface area (Å²) in [6.07, 6.45) is 23.9. The van der Waals surface area contributed by atoms with Crippen LogP contribution in [0.5, 0.6) is 0 Å². The Morgan fingerprint density at radius 2 is 1.70 bits per heavy atom. The molecule has 0 radical (unpaired) electrons. The largest absolute Gasteiger partial charge is 0.337 e. The molecule has 4 nitrogen and oxygen atoms in total. The molecule has 3 atom stereocenters. The minimum atomic E-state index is 0.0356. The maximum absolute atomic E-state index is 11.5. The van der Waals surface area contributed by atoms with Crippen molar-refractivity contribution in [3.8, 4) is 0 Å². The summed E-state index contributed by atoms with van der Waals surface area (Å²) in [5, 5.41) is 6.55. The number of nitrogens with one attached hydrogen (secondary N) is 2. The lowest BCUT2D eigenvalue weighted by atomic mass is 10.1. The fraction of sp³-hybridized carbons (Fsp3) is 0.783. The van der Waals surface area contributed by atoms with Gasteiger partial charge in [0.05, 0.1) is 12.7 Å². The van der Waals surface area contributed by atoms with Gasteiger partial charge < -0.3 is 10.6 Å². The fourth-order valence-electron chi connectivity index (χ4n) is 4.13. The standard InChI is InChI=1S/C23H43N3O/c1-5-7-8-9-10-11-12-13-14-15-16-17-18-23-24-19-20-26(23,6-2)21(3)25-22(4)27/h16-17,19-21,23-24H,5-15,18H2,1-4H3/p+1/b17-16+. The highest BCUT2D eigenvalue weighted by Crippen LogP contribution is 2.24. The minimum Gasteiger partial charge on any atom is -0.337 e. The summed E-state index contributed by atoms with van der Waals surface area (Å²) < 4.78 is 0.766. The first-order valence-corrected chi connectivity index (χ1v) is 11.3. The van der Waals surface area contributed by atoms with E-state index in [0.717, 1.165) is 17.4 Å². The third-order valence-electron chi connectivity index (χ3n) is 5.90. The molecule has 1 heterocycles. The molecule has 1 aliphatic heterocycles. The number of rotatable bonds is 15. The second kappa shape index (κ2) is 13.8. The van der Waals surface area contributed by atoms with Crippen LogP contribution >= 0.6 is 0 Å². The van der Waals surface area contributed by atoms with E-state index in [1.807, 2.05) is 6.20 Å². The summed E-state index contributed by atoms with van der Waals surface area (Å²) in [6, 6.07) is 0. The first kappa shape index (κ1) is 23.7. The van der Waals surface area contributed by atoms with Crippen molar-refractivity contribution in [3.05, 3.63) is 24.6 Å². The number of carbonyl (C=O) groups is 1. The third-order valence-corrected chi connectivity index (χ3v) is 5.90. The maximum Gasteiger partial charge on any atom is 0.221 e. The van der Waals surface area contributed by atoms with Gasteiger partial charge in [-0.15, -0.1) is 0 Å². The smallest absolute Gasteiger partial charge is 0.221 e. The average molecular weight is 379 g/mol. The molecule has 1 amide bonds. The number of carbonyl (C=O) groups excluding carboxylic acids is 1. The zero-order valence-corrected chi connectivity index (χ0v) is 18.3. The number of quaternary nitrogens is 1. The summed E-state index contributed by atoms with van der Waals surface area (Å²) in [5.74, 6) is 0.0356. The molecule has 0 fully saturated rings. The second-order valence-electron chi connectivity index (χ2n) is 8.01. The van der Waals surface area contributed by atoms with Gasteiger partial charge in [-0.05, 0) is 19.8 Å². The van der Waals surface area contributed by atoms with E-state index in [1.165, 1.54) is 64.2 Å². The molecule has 0 aromatic rings. The molecule has 0 aromatic carbocycles. The van der Waals surface area contributed by atoms with E-state index in [4.69, 9.17) is 0 Å². The van der Waals surface area contributed by atoms with Crippen molar-refractivity contribution in [2.24, 2.45) is 0 Å². The first-order valence-electron chi connectivity index (χ1n) is 11.3. The Kier molecular flexibility index (Phi) is 12.2. The Morgan fingerprint density at radius 3 is 2.30 bits per heavy atom. The number of nitrogens with zero attached hydrogens (tertiary/aromatic N) is 1. The molecular weight excluding hydrogens is 334 g/mol. The summed E-state index contributed by atoms with van der Waals surface area (Å²) in [4.78, 5) is 11.5. The Hall–Kier alpha value is -1.29. The first-order chi connectivity index (χ1) is 13.1. The highest BCUT2D eigenvalue weighted by Gasteiger charge is 2.41. The van der Waals surface area contributed by atoms with Crippen LogP contribution in [-0.2, 0) is 4.79 Å². The number of unbranched alkanes of at least 4 members (excludes halogenated alkanes) is 9. The van der Waals surface area contributed by atoms with Gasteiger partial charge in [-0.1, -0.05) is 70.4 Å². The molecule has 27 heavy (non-hydrogen) atoms. The van der Waals surface area contributed by atoms with E-state index in [1.54, 1.807) is 6.92 Å². The molecule has 1 rings (SSSR count). The van der Waals surface area contributed by atoms with E-state index in [-0.39, 0.29) is 12.1 Å². The van der Waals surface area contributed by atoms with Gasteiger partial charge in [0.1, 0.15) is 6.20 Å². The average Bonchev–Trinajstić information content (AvgIpc) is 3.06. The zero-order chi connectivity index (χ0) is 20.0. The van der Waals surface area contributed by atoms with E-state index in [2.05, 4.69) is 49.8 Å². The van der Waals surface area contributed by atoms with Crippen molar-refractivity contribution in [2.45, 2.75) is 111 Å². The molecule has 1 aliphatic rings. The number of amides is 1. The highest BCUT2D eigenvalue weighted by molar-refractivity contribution is 5.72.